The van der Waals surface area contributed by atoms with Crippen LogP contribution in [0.5, 0.6) is 5.75 Å². The van der Waals surface area contributed by atoms with Gasteiger partial charge in [-0.3, -0.25) is 4.79 Å². The summed E-state index contributed by atoms with van der Waals surface area (Å²) in [4.78, 5) is 17.7. The SMILES string of the molecule is CCN1CCN(c2ccccc2NC(=O)c2ccc(COc3ccccc3)cc2)CC1. The molecule has 0 aliphatic carbocycles. The molecule has 31 heavy (non-hydrogen) atoms. The first-order valence-electron chi connectivity index (χ1n) is 10.9. The first kappa shape index (κ1) is 20.9. The molecule has 5 heteroatoms. The maximum absolute atomic E-state index is 12.9. The molecule has 1 N–H and O–H groups in total. The molecule has 0 spiro atoms. The van der Waals surface area contributed by atoms with Crippen LogP contribution >= 0.6 is 0 Å². The van der Waals surface area contributed by atoms with E-state index in [2.05, 4.69) is 28.1 Å². The second kappa shape index (κ2) is 10.1. The first-order chi connectivity index (χ1) is 15.2. The number of nitrogens with zero attached hydrogens (tertiary/aromatic N) is 2. The molecular weight excluding hydrogens is 386 g/mol. The second-order valence-electron chi connectivity index (χ2n) is 7.69. The quantitative estimate of drug-likeness (QED) is 0.610. The Morgan fingerprint density at radius 3 is 2.26 bits per heavy atom. The largest absolute Gasteiger partial charge is 0.489 e. The zero-order valence-corrected chi connectivity index (χ0v) is 18.0. The van der Waals surface area contributed by atoms with Crippen LogP contribution in [-0.4, -0.2) is 43.5 Å². The van der Waals surface area contributed by atoms with E-state index in [1.54, 1.807) is 0 Å². The molecular formula is C26H29N3O2. The van der Waals surface area contributed by atoms with Gasteiger partial charge in [0.2, 0.25) is 0 Å². The number of ether oxygens (including phenoxy) is 1. The number of para-hydroxylation sites is 3. The van der Waals surface area contributed by atoms with Gasteiger partial charge in [-0.1, -0.05) is 49.4 Å². The molecule has 0 atom stereocenters. The Bertz CT molecular complexity index is 981. The van der Waals surface area contributed by atoms with Crippen molar-refractivity contribution in [3.05, 3.63) is 90.0 Å². The molecule has 0 saturated carbocycles. The van der Waals surface area contributed by atoms with Gasteiger partial charge in [-0.15, -0.1) is 0 Å². The maximum Gasteiger partial charge on any atom is 0.255 e. The second-order valence-corrected chi connectivity index (χ2v) is 7.69. The molecule has 0 aromatic heterocycles. The number of hydrogen-bond donors (Lipinski definition) is 1. The van der Waals surface area contributed by atoms with Crippen LogP contribution in [0, 0.1) is 0 Å². The molecule has 1 heterocycles. The van der Waals surface area contributed by atoms with Crippen molar-refractivity contribution in [3.63, 3.8) is 0 Å². The predicted octanol–water partition coefficient (Wildman–Crippen LogP) is 4.66. The van der Waals surface area contributed by atoms with Gasteiger partial charge in [0.1, 0.15) is 12.4 Å². The van der Waals surface area contributed by atoms with E-state index in [1.807, 2.05) is 72.8 Å². The van der Waals surface area contributed by atoms with Crippen molar-refractivity contribution in [3.8, 4) is 5.75 Å². The van der Waals surface area contributed by atoms with Crippen molar-refractivity contribution in [2.75, 3.05) is 42.9 Å². The van der Waals surface area contributed by atoms with Gasteiger partial charge in [-0.25, -0.2) is 0 Å². The molecule has 3 aromatic carbocycles. The summed E-state index contributed by atoms with van der Waals surface area (Å²) < 4.78 is 5.78. The molecule has 1 fully saturated rings. The molecule has 1 aliphatic heterocycles. The summed E-state index contributed by atoms with van der Waals surface area (Å²) in [6, 6.07) is 25.3. The lowest BCUT2D eigenvalue weighted by atomic mass is 10.1. The van der Waals surface area contributed by atoms with Crippen molar-refractivity contribution in [2.45, 2.75) is 13.5 Å². The van der Waals surface area contributed by atoms with Gasteiger partial charge >= 0.3 is 0 Å². The number of amides is 1. The third-order valence-electron chi connectivity index (χ3n) is 5.68. The van der Waals surface area contributed by atoms with E-state index in [0.29, 0.717) is 12.2 Å². The van der Waals surface area contributed by atoms with Gasteiger partial charge in [0.15, 0.2) is 0 Å². The van der Waals surface area contributed by atoms with Crippen LogP contribution in [0.1, 0.15) is 22.8 Å². The molecule has 4 rings (SSSR count). The Balaban J connectivity index is 1.38. The maximum atomic E-state index is 12.9. The molecule has 1 amide bonds. The van der Waals surface area contributed by atoms with Crippen LogP contribution in [0.15, 0.2) is 78.9 Å². The number of carbonyl (C=O) groups excluding carboxylic acids is 1. The van der Waals surface area contributed by atoms with Gasteiger partial charge in [0, 0.05) is 31.7 Å². The van der Waals surface area contributed by atoms with E-state index >= 15 is 0 Å². The van der Waals surface area contributed by atoms with Crippen LogP contribution in [-0.2, 0) is 6.61 Å². The van der Waals surface area contributed by atoms with Crippen LogP contribution in [0.3, 0.4) is 0 Å². The van der Waals surface area contributed by atoms with Gasteiger partial charge in [-0.2, -0.15) is 0 Å². The van der Waals surface area contributed by atoms with Crippen molar-refractivity contribution < 1.29 is 9.53 Å². The van der Waals surface area contributed by atoms with Gasteiger partial charge < -0.3 is 19.9 Å². The van der Waals surface area contributed by atoms with E-state index in [9.17, 15) is 4.79 Å². The van der Waals surface area contributed by atoms with E-state index in [1.165, 1.54) is 0 Å². The monoisotopic (exact) mass is 415 g/mol. The first-order valence-corrected chi connectivity index (χ1v) is 10.9. The van der Waals surface area contributed by atoms with E-state index in [-0.39, 0.29) is 5.91 Å². The highest BCUT2D eigenvalue weighted by atomic mass is 16.5. The standard InChI is InChI=1S/C26H29N3O2/c1-2-28-16-18-29(19-17-28)25-11-7-6-10-24(25)27-26(30)22-14-12-21(13-15-22)20-31-23-8-4-3-5-9-23/h3-15H,2,16-20H2,1H3,(H,27,30). The summed E-state index contributed by atoms with van der Waals surface area (Å²) >= 11 is 0. The smallest absolute Gasteiger partial charge is 0.255 e. The summed E-state index contributed by atoms with van der Waals surface area (Å²) in [5.74, 6) is 0.732. The number of nitrogens with one attached hydrogen (secondary N) is 1. The van der Waals surface area contributed by atoms with Crippen molar-refractivity contribution >= 4 is 17.3 Å². The Hall–Kier alpha value is -3.31. The van der Waals surface area contributed by atoms with E-state index < -0.39 is 0 Å². The molecule has 0 bridgehead atoms. The lowest BCUT2D eigenvalue weighted by molar-refractivity contribution is 0.102. The highest BCUT2D eigenvalue weighted by Crippen LogP contribution is 2.27. The number of piperazine rings is 1. The minimum Gasteiger partial charge on any atom is -0.489 e. The minimum atomic E-state index is -0.102. The Morgan fingerprint density at radius 2 is 1.55 bits per heavy atom. The summed E-state index contributed by atoms with van der Waals surface area (Å²) in [6.07, 6.45) is 0. The Kier molecular flexibility index (Phi) is 6.85. The number of anilines is 2. The van der Waals surface area contributed by atoms with Crippen LogP contribution in [0.25, 0.3) is 0 Å². The van der Waals surface area contributed by atoms with E-state index in [4.69, 9.17) is 4.74 Å². The number of benzene rings is 3. The number of rotatable bonds is 7. The summed E-state index contributed by atoms with van der Waals surface area (Å²) in [5, 5.41) is 3.10. The third-order valence-corrected chi connectivity index (χ3v) is 5.68. The van der Waals surface area contributed by atoms with Crippen molar-refractivity contribution in [2.24, 2.45) is 0 Å². The summed E-state index contributed by atoms with van der Waals surface area (Å²) in [5.41, 5.74) is 3.59. The molecule has 3 aromatic rings. The van der Waals surface area contributed by atoms with Gasteiger partial charge in [0.25, 0.3) is 5.91 Å². The highest BCUT2D eigenvalue weighted by molar-refractivity contribution is 6.06. The van der Waals surface area contributed by atoms with Crippen molar-refractivity contribution in [1.82, 2.24) is 4.90 Å². The zero-order valence-electron chi connectivity index (χ0n) is 18.0. The topological polar surface area (TPSA) is 44.8 Å². The highest BCUT2D eigenvalue weighted by Gasteiger charge is 2.19. The predicted molar refractivity (Wildman–Crippen MR) is 126 cm³/mol. The fraction of sp³-hybridized carbons (Fsp3) is 0.269. The van der Waals surface area contributed by atoms with Gasteiger partial charge in [0.05, 0.1) is 11.4 Å². The number of carbonyl (C=O) groups is 1. The Labute approximate surface area is 184 Å². The summed E-state index contributed by atoms with van der Waals surface area (Å²) in [6.45, 7) is 7.78. The van der Waals surface area contributed by atoms with E-state index in [0.717, 1.165) is 55.4 Å². The zero-order chi connectivity index (χ0) is 21.5. The molecule has 160 valence electrons. The molecule has 0 unspecified atom stereocenters. The van der Waals surface area contributed by atoms with Gasteiger partial charge in [-0.05, 0) is 48.5 Å². The lowest BCUT2D eigenvalue weighted by Gasteiger charge is -2.36. The average Bonchev–Trinajstić information content (AvgIpc) is 2.84. The molecule has 0 radical (unpaired) electrons. The van der Waals surface area contributed by atoms with Crippen molar-refractivity contribution in [1.29, 1.82) is 0 Å². The molecule has 1 aliphatic rings. The lowest BCUT2D eigenvalue weighted by Crippen LogP contribution is -2.46. The normalized spacial score (nSPS) is 14.3. The molecule has 1 saturated heterocycles. The number of likely N-dealkylation sites (N-methyl/N-ethyl adjacent to an activating group) is 1. The minimum absolute atomic E-state index is 0.102. The average molecular weight is 416 g/mol. The fourth-order valence-corrected chi connectivity index (χ4v) is 3.79. The molecule has 5 nitrogen and oxygen atoms in total. The number of hydrogen-bond acceptors (Lipinski definition) is 4. The fourth-order valence-electron chi connectivity index (χ4n) is 3.79. The van der Waals surface area contributed by atoms with Crippen LogP contribution in [0.4, 0.5) is 11.4 Å². The van der Waals surface area contributed by atoms with Crippen LogP contribution in [0.2, 0.25) is 0 Å². The third kappa shape index (κ3) is 5.44. The summed E-state index contributed by atoms with van der Waals surface area (Å²) in [7, 11) is 0. The Morgan fingerprint density at radius 1 is 0.871 bits per heavy atom. The van der Waals surface area contributed by atoms with Crippen LogP contribution < -0.4 is 15.0 Å².